The highest BCUT2D eigenvalue weighted by Gasteiger charge is 2.39. The molecule has 1 saturated heterocycles. The average molecular weight is 506 g/mol. The number of hydrogen-bond acceptors (Lipinski definition) is 6. The summed E-state index contributed by atoms with van der Waals surface area (Å²) in [6.45, 7) is 0.357. The van der Waals surface area contributed by atoms with E-state index in [2.05, 4.69) is 15.0 Å². The molecule has 0 aliphatic carbocycles. The van der Waals surface area contributed by atoms with Crippen LogP contribution >= 0.6 is 11.8 Å². The molecule has 3 aromatic rings. The van der Waals surface area contributed by atoms with Gasteiger partial charge in [0.15, 0.2) is 5.17 Å². The van der Waals surface area contributed by atoms with Gasteiger partial charge in [-0.25, -0.2) is 14.2 Å². The van der Waals surface area contributed by atoms with Crippen molar-refractivity contribution >= 4 is 46.1 Å². The molecule has 1 heterocycles. The maximum atomic E-state index is 13.3. The molecule has 2 amide bonds. The highest BCUT2D eigenvalue weighted by molar-refractivity contribution is 8.15. The summed E-state index contributed by atoms with van der Waals surface area (Å²) in [5, 5.41) is 2.66. The van der Waals surface area contributed by atoms with Gasteiger partial charge >= 0.3 is 5.97 Å². The van der Waals surface area contributed by atoms with E-state index in [1.165, 1.54) is 31.0 Å². The third-order valence-electron chi connectivity index (χ3n) is 5.50. The number of anilines is 1. The number of benzene rings is 3. The lowest BCUT2D eigenvalue weighted by Crippen LogP contribution is -2.35. The summed E-state index contributed by atoms with van der Waals surface area (Å²) in [5.41, 5.74) is 2.48. The zero-order valence-corrected chi connectivity index (χ0v) is 20.3. The van der Waals surface area contributed by atoms with Crippen LogP contribution in [0.5, 0.6) is 0 Å². The summed E-state index contributed by atoms with van der Waals surface area (Å²) in [5.74, 6) is -1.31. The molecule has 3 aromatic carbocycles. The maximum Gasteiger partial charge on any atom is 0.337 e. The third kappa shape index (κ3) is 6.37. The van der Waals surface area contributed by atoms with Crippen molar-refractivity contribution < 1.29 is 23.5 Å². The van der Waals surface area contributed by atoms with E-state index >= 15 is 0 Å². The fourth-order valence-electron chi connectivity index (χ4n) is 3.62. The minimum atomic E-state index is -0.630. The third-order valence-corrected chi connectivity index (χ3v) is 6.67. The number of rotatable bonds is 8. The lowest BCUT2D eigenvalue weighted by molar-refractivity contribution is -0.128. The normalized spacial score (nSPS) is 16.3. The number of aliphatic imine (C=N–C) groups is 1. The number of carbonyl (C=O) groups is 3. The van der Waals surface area contributed by atoms with Crippen LogP contribution in [0.15, 0.2) is 83.9 Å². The van der Waals surface area contributed by atoms with Crippen LogP contribution in [-0.4, -0.2) is 46.8 Å². The largest absolute Gasteiger partial charge is 0.465 e. The minimum Gasteiger partial charge on any atom is -0.465 e. The lowest BCUT2D eigenvalue weighted by atomic mass is 10.1. The Hall–Kier alpha value is -3.98. The van der Waals surface area contributed by atoms with Gasteiger partial charge < -0.3 is 10.1 Å². The van der Waals surface area contributed by atoms with Crippen molar-refractivity contribution in [3.05, 3.63) is 95.8 Å². The first-order chi connectivity index (χ1) is 17.4. The average Bonchev–Trinajstić information content (AvgIpc) is 3.17. The number of ether oxygens (including phenoxy) is 1. The number of thioether (sulfide) groups is 1. The molecule has 0 aromatic heterocycles. The predicted molar refractivity (Wildman–Crippen MR) is 138 cm³/mol. The Balaban J connectivity index is 1.45. The van der Waals surface area contributed by atoms with Gasteiger partial charge in [0.1, 0.15) is 11.1 Å². The van der Waals surface area contributed by atoms with Crippen LogP contribution in [0.25, 0.3) is 0 Å². The molecular formula is C27H24FN3O4S. The van der Waals surface area contributed by atoms with Crippen molar-refractivity contribution in [2.24, 2.45) is 4.99 Å². The molecule has 1 N–H and O–H groups in total. The van der Waals surface area contributed by atoms with Gasteiger partial charge in [-0.05, 0) is 60.5 Å². The van der Waals surface area contributed by atoms with Crippen molar-refractivity contribution in [2.45, 2.75) is 18.1 Å². The molecule has 0 radical (unpaired) electrons. The van der Waals surface area contributed by atoms with Gasteiger partial charge in [0.25, 0.3) is 0 Å². The smallest absolute Gasteiger partial charge is 0.337 e. The number of amidine groups is 1. The quantitative estimate of drug-likeness (QED) is 0.444. The van der Waals surface area contributed by atoms with E-state index < -0.39 is 11.2 Å². The molecule has 1 aliphatic rings. The number of para-hydroxylation sites is 1. The summed E-state index contributed by atoms with van der Waals surface area (Å²) in [4.78, 5) is 43.8. The Morgan fingerprint density at radius 2 is 1.72 bits per heavy atom. The highest BCUT2D eigenvalue weighted by Crippen LogP contribution is 2.32. The zero-order chi connectivity index (χ0) is 25.5. The monoisotopic (exact) mass is 505 g/mol. The molecule has 1 atom stereocenters. The van der Waals surface area contributed by atoms with Crippen LogP contribution < -0.4 is 5.32 Å². The van der Waals surface area contributed by atoms with Crippen molar-refractivity contribution in [3.63, 3.8) is 0 Å². The van der Waals surface area contributed by atoms with E-state index in [9.17, 15) is 18.8 Å². The fourth-order valence-corrected chi connectivity index (χ4v) is 4.81. The number of carbonyl (C=O) groups excluding carboxylic acids is 3. The van der Waals surface area contributed by atoms with Gasteiger partial charge in [0, 0.05) is 18.7 Å². The Kier molecular flexibility index (Phi) is 8.12. The summed E-state index contributed by atoms with van der Waals surface area (Å²) < 4.78 is 17.9. The second-order valence-corrected chi connectivity index (χ2v) is 9.19. The Labute approximate surface area is 212 Å². The van der Waals surface area contributed by atoms with Crippen LogP contribution in [0.4, 0.5) is 15.8 Å². The van der Waals surface area contributed by atoms with E-state index in [-0.39, 0.29) is 24.1 Å². The molecule has 0 bridgehead atoms. The molecule has 0 spiro atoms. The van der Waals surface area contributed by atoms with E-state index in [0.29, 0.717) is 35.1 Å². The second kappa shape index (κ2) is 11.6. The number of esters is 1. The first-order valence-corrected chi connectivity index (χ1v) is 12.2. The molecule has 0 saturated carbocycles. The van der Waals surface area contributed by atoms with E-state index in [1.807, 2.05) is 30.3 Å². The molecule has 184 valence electrons. The van der Waals surface area contributed by atoms with Crippen molar-refractivity contribution in [1.82, 2.24) is 4.90 Å². The molecule has 0 unspecified atom stereocenters. The molecule has 36 heavy (non-hydrogen) atoms. The van der Waals surface area contributed by atoms with Crippen LogP contribution in [-0.2, 0) is 20.7 Å². The number of hydrogen-bond donors (Lipinski definition) is 1. The number of halogens is 1. The Morgan fingerprint density at radius 3 is 2.39 bits per heavy atom. The molecule has 1 fully saturated rings. The van der Waals surface area contributed by atoms with Crippen LogP contribution in [0.2, 0.25) is 0 Å². The first kappa shape index (κ1) is 25.1. The standard InChI is InChI=1S/C27H24FN3O4S/c1-35-26(34)19-9-13-22(14-10-19)29-24(32)17-23-25(33)31(16-15-18-7-11-20(28)12-8-18)27(36-23)30-21-5-3-2-4-6-21/h2-14,23H,15-17H2,1H3,(H,29,32)/t23-/m0/s1. The van der Waals surface area contributed by atoms with Crippen molar-refractivity contribution in [3.8, 4) is 0 Å². The molecule has 4 rings (SSSR count). The van der Waals surface area contributed by atoms with E-state index in [0.717, 1.165) is 5.56 Å². The van der Waals surface area contributed by atoms with Crippen molar-refractivity contribution in [1.29, 1.82) is 0 Å². The molecule has 9 heteroatoms. The Bertz CT molecular complexity index is 1260. The maximum absolute atomic E-state index is 13.3. The molecule has 7 nitrogen and oxygen atoms in total. The molecule has 1 aliphatic heterocycles. The number of methoxy groups -OCH3 is 1. The van der Waals surface area contributed by atoms with Gasteiger partial charge in [0.05, 0.1) is 18.4 Å². The van der Waals surface area contributed by atoms with E-state index in [1.54, 1.807) is 41.3 Å². The number of amides is 2. The van der Waals surface area contributed by atoms with Gasteiger partial charge in [-0.2, -0.15) is 0 Å². The predicted octanol–water partition coefficient (Wildman–Crippen LogP) is 4.82. The summed E-state index contributed by atoms with van der Waals surface area (Å²) in [7, 11) is 1.30. The molecular weight excluding hydrogens is 481 g/mol. The van der Waals surface area contributed by atoms with Crippen molar-refractivity contribution in [2.75, 3.05) is 19.0 Å². The summed E-state index contributed by atoms with van der Waals surface area (Å²) in [6, 6.07) is 21.8. The summed E-state index contributed by atoms with van der Waals surface area (Å²) in [6.07, 6.45) is 0.481. The minimum absolute atomic E-state index is 0.0386. The van der Waals surface area contributed by atoms with Gasteiger partial charge in [0.2, 0.25) is 11.8 Å². The lowest BCUT2D eigenvalue weighted by Gasteiger charge is -2.16. The van der Waals surface area contributed by atoms with Crippen LogP contribution in [0.1, 0.15) is 22.3 Å². The van der Waals surface area contributed by atoms with Crippen LogP contribution in [0, 0.1) is 5.82 Å². The van der Waals surface area contributed by atoms with Gasteiger partial charge in [-0.1, -0.05) is 42.1 Å². The van der Waals surface area contributed by atoms with Crippen LogP contribution in [0.3, 0.4) is 0 Å². The Morgan fingerprint density at radius 1 is 1.03 bits per heavy atom. The van der Waals surface area contributed by atoms with E-state index in [4.69, 9.17) is 0 Å². The number of nitrogens with one attached hydrogen (secondary N) is 1. The fraction of sp³-hybridized carbons (Fsp3) is 0.185. The summed E-state index contributed by atoms with van der Waals surface area (Å²) >= 11 is 1.25. The first-order valence-electron chi connectivity index (χ1n) is 11.3. The number of nitrogens with zero attached hydrogens (tertiary/aromatic N) is 2. The zero-order valence-electron chi connectivity index (χ0n) is 19.5. The highest BCUT2D eigenvalue weighted by atomic mass is 32.2. The topological polar surface area (TPSA) is 88.1 Å². The van der Waals surface area contributed by atoms with Gasteiger partial charge in [-0.3, -0.25) is 14.5 Å². The van der Waals surface area contributed by atoms with Gasteiger partial charge in [-0.15, -0.1) is 0 Å². The SMILES string of the molecule is COC(=O)c1ccc(NC(=O)C[C@@H]2SC(=Nc3ccccc3)N(CCc3ccc(F)cc3)C2=O)cc1. The second-order valence-electron chi connectivity index (χ2n) is 8.02.